The number of hydrogen-bond donors (Lipinski definition) is 0. The summed E-state index contributed by atoms with van der Waals surface area (Å²) in [5, 5.41) is 0.868. The molecule has 1 saturated heterocycles. The normalized spacial score (nSPS) is 26.4. The van der Waals surface area contributed by atoms with Gasteiger partial charge in [0.1, 0.15) is 5.25 Å². The highest BCUT2D eigenvalue weighted by molar-refractivity contribution is 8.17. The molecule has 0 aromatic rings. The molecule has 1 fully saturated rings. The van der Waals surface area contributed by atoms with E-state index < -0.39 is 24.1 Å². The Labute approximate surface area is 81.6 Å². The van der Waals surface area contributed by atoms with Crippen molar-refractivity contribution < 1.29 is 16.8 Å². The minimum absolute atomic E-state index is 0.0781. The average molecular weight is 243 g/mol. The van der Waals surface area contributed by atoms with E-state index in [-0.39, 0.29) is 5.75 Å². The van der Waals surface area contributed by atoms with Gasteiger partial charge >= 0.3 is 9.05 Å². The highest BCUT2D eigenvalue weighted by atomic mass is 35.7. The zero-order valence-corrected chi connectivity index (χ0v) is 8.92. The minimum atomic E-state index is -3.92. The van der Waals surface area contributed by atoms with Crippen LogP contribution in [0.1, 0.15) is 12.8 Å². The predicted octanol–water partition coefficient (Wildman–Crippen LogP) is 0.0931. The van der Waals surface area contributed by atoms with E-state index >= 15 is 0 Å². The number of rotatable bonds is 0. The second-order valence-electron chi connectivity index (χ2n) is 2.68. The van der Waals surface area contributed by atoms with E-state index in [2.05, 4.69) is 5.92 Å². The zero-order chi connectivity index (χ0) is 10.1. The Kier molecular flexibility index (Phi) is 2.90. The monoisotopic (exact) mass is 242 g/mol. The molecule has 0 saturated carbocycles. The molecule has 0 radical (unpaired) electrons. The van der Waals surface area contributed by atoms with E-state index in [9.17, 15) is 16.8 Å². The third-order valence-corrected chi connectivity index (χ3v) is 4.34. The molecule has 1 heterocycles. The van der Waals surface area contributed by atoms with Crippen LogP contribution in [0.5, 0.6) is 0 Å². The smallest absolute Gasteiger partial charge is 0.228 e. The van der Waals surface area contributed by atoms with Gasteiger partial charge in [-0.05, 0) is 12.8 Å². The highest BCUT2D eigenvalue weighted by Gasteiger charge is 2.29. The molecule has 0 aromatic carbocycles. The number of sulfone groups is 1. The molecule has 1 aliphatic heterocycles. The lowest BCUT2D eigenvalue weighted by Gasteiger charge is -1.96. The molecule has 13 heavy (non-hydrogen) atoms. The highest BCUT2D eigenvalue weighted by Crippen LogP contribution is 2.19. The third-order valence-electron chi connectivity index (χ3n) is 1.67. The molecule has 0 aliphatic carbocycles. The summed E-state index contributed by atoms with van der Waals surface area (Å²) in [4.78, 5) is 0. The van der Waals surface area contributed by atoms with Crippen molar-refractivity contribution in [2.45, 2.75) is 18.1 Å². The first-order valence-corrected chi connectivity index (χ1v) is 7.52. The minimum Gasteiger partial charge on any atom is -0.228 e. The van der Waals surface area contributed by atoms with E-state index in [1.807, 2.05) is 0 Å². The second-order valence-corrected chi connectivity index (χ2v) is 7.28. The Morgan fingerprint density at radius 2 is 2.00 bits per heavy atom. The van der Waals surface area contributed by atoms with Crippen molar-refractivity contribution in [1.82, 2.24) is 0 Å². The Hall–Kier alpha value is -0.250. The summed E-state index contributed by atoms with van der Waals surface area (Å²) in [6.07, 6.45) is 0.922. The third kappa shape index (κ3) is 3.18. The summed E-state index contributed by atoms with van der Waals surface area (Å²) in [7, 11) is -2.31. The molecule has 0 aromatic heterocycles. The first-order chi connectivity index (χ1) is 5.81. The van der Waals surface area contributed by atoms with Gasteiger partial charge in [-0.1, -0.05) is 5.92 Å². The first kappa shape index (κ1) is 10.8. The van der Waals surface area contributed by atoms with Crippen LogP contribution in [-0.2, 0) is 18.9 Å². The van der Waals surface area contributed by atoms with Gasteiger partial charge in [0.05, 0.1) is 5.75 Å². The van der Waals surface area contributed by atoms with Gasteiger partial charge in [0, 0.05) is 15.9 Å². The van der Waals surface area contributed by atoms with Crippen LogP contribution in [0.2, 0.25) is 0 Å². The van der Waals surface area contributed by atoms with Crippen LogP contribution in [0.15, 0.2) is 0 Å². The van der Waals surface area contributed by atoms with Crippen molar-refractivity contribution >= 4 is 29.6 Å². The van der Waals surface area contributed by atoms with Crippen LogP contribution in [0.25, 0.3) is 0 Å². The molecule has 4 nitrogen and oxygen atoms in total. The Balaban J connectivity index is 2.92. The van der Waals surface area contributed by atoms with E-state index in [1.165, 1.54) is 0 Å². The largest absolute Gasteiger partial charge is 0.300 e. The molecular formula is C6H7ClO4S2. The van der Waals surface area contributed by atoms with Gasteiger partial charge in [-0.3, -0.25) is 0 Å². The van der Waals surface area contributed by atoms with E-state index in [0.29, 0.717) is 12.8 Å². The van der Waals surface area contributed by atoms with Crippen LogP contribution in [-0.4, -0.2) is 27.8 Å². The van der Waals surface area contributed by atoms with E-state index in [4.69, 9.17) is 10.7 Å². The SMILES string of the molecule is O=S(=O)(Cl)C#CC1CCCS1(=O)=O. The summed E-state index contributed by atoms with van der Waals surface area (Å²) in [5.74, 6) is 2.23. The fraction of sp³-hybridized carbons (Fsp3) is 0.667. The van der Waals surface area contributed by atoms with Crippen molar-refractivity contribution in [2.24, 2.45) is 0 Å². The van der Waals surface area contributed by atoms with Crippen molar-refractivity contribution in [2.75, 3.05) is 5.75 Å². The summed E-state index contributed by atoms with van der Waals surface area (Å²) >= 11 is 0. The summed E-state index contributed by atoms with van der Waals surface area (Å²) in [6, 6.07) is 0. The van der Waals surface area contributed by atoms with Crippen molar-refractivity contribution in [3.63, 3.8) is 0 Å². The maximum absolute atomic E-state index is 11.1. The molecule has 1 rings (SSSR count). The maximum atomic E-state index is 11.1. The standard InChI is InChI=1S/C6H7ClO4S2/c7-13(10,11)5-3-6-2-1-4-12(6,8)9/h6H,1-2,4H2. The molecule has 1 atom stereocenters. The molecule has 0 amide bonds. The van der Waals surface area contributed by atoms with Gasteiger partial charge < -0.3 is 0 Å². The van der Waals surface area contributed by atoms with E-state index in [1.54, 1.807) is 5.25 Å². The zero-order valence-electron chi connectivity index (χ0n) is 6.53. The first-order valence-electron chi connectivity index (χ1n) is 3.50. The van der Waals surface area contributed by atoms with Crippen LogP contribution >= 0.6 is 10.7 Å². The lowest BCUT2D eigenvalue weighted by atomic mass is 10.3. The van der Waals surface area contributed by atoms with Gasteiger partial charge in [0.2, 0.25) is 0 Å². The molecule has 0 N–H and O–H groups in total. The van der Waals surface area contributed by atoms with E-state index in [0.717, 1.165) is 0 Å². The fourth-order valence-electron chi connectivity index (χ4n) is 1.09. The average Bonchev–Trinajstić information content (AvgIpc) is 2.23. The molecule has 7 heteroatoms. The molecule has 74 valence electrons. The summed E-state index contributed by atoms with van der Waals surface area (Å²) in [6.45, 7) is 0. The summed E-state index contributed by atoms with van der Waals surface area (Å²) in [5.41, 5.74) is 0. The molecule has 1 aliphatic rings. The lowest BCUT2D eigenvalue weighted by Crippen LogP contribution is -2.13. The second kappa shape index (κ2) is 3.48. The van der Waals surface area contributed by atoms with Crippen LogP contribution in [0.4, 0.5) is 0 Å². The quantitative estimate of drug-likeness (QED) is 0.446. The maximum Gasteiger partial charge on any atom is 0.300 e. The van der Waals surface area contributed by atoms with Crippen LogP contribution in [0, 0.1) is 11.2 Å². The fourth-order valence-corrected chi connectivity index (χ4v) is 3.20. The Morgan fingerprint density at radius 1 is 1.38 bits per heavy atom. The number of halogens is 1. The Bertz CT molecular complexity index is 451. The molecular weight excluding hydrogens is 236 g/mol. The van der Waals surface area contributed by atoms with Gasteiger partial charge in [0.25, 0.3) is 0 Å². The molecule has 1 unspecified atom stereocenters. The number of hydrogen-bond acceptors (Lipinski definition) is 4. The van der Waals surface area contributed by atoms with Crippen molar-refractivity contribution in [3.05, 3.63) is 0 Å². The van der Waals surface area contributed by atoms with Gasteiger partial charge in [0.15, 0.2) is 9.84 Å². The molecule has 0 bridgehead atoms. The van der Waals surface area contributed by atoms with Gasteiger partial charge in [-0.15, -0.1) is 0 Å². The van der Waals surface area contributed by atoms with Crippen molar-refractivity contribution in [3.8, 4) is 11.2 Å². The van der Waals surface area contributed by atoms with Crippen molar-refractivity contribution in [1.29, 1.82) is 0 Å². The Morgan fingerprint density at radius 3 is 2.38 bits per heavy atom. The topological polar surface area (TPSA) is 68.3 Å². The van der Waals surface area contributed by atoms with Crippen LogP contribution in [0.3, 0.4) is 0 Å². The molecule has 0 spiro atoms. The lowest BCUT2D eigenvalue weighted by molar-refractivity contribution is 0.598. The van der Waals surface area contributed by atoms with Gasteiger partial charge in [-0.2, -0.15) is 8.42 Å². The predicted molar refractivity (Wildman–Crippen MR) is 49.4 cm³/mol. The summed E-state index contributed by atoms with van der Waals surface area (Å²) < 4.78 is 43.1. The van der Waals surface area contributed by atoms with Gasteiger partial charge in [-0.25, -0.2) is 8.42 Å². The van der Waals surface area contributed by atoms with Crippen LogP contribution < -0.4 is 0 Å².